The molecule has 3 nitrogen and oxygen atoms in total. The molecule has 0 aromatic heterocycles. The third-order valence-corrected chi connectivity index (χ3v) is 1.77. The maximum Gasteiger partial charge on any atom is 0.126 e. The summed E-state index contributed by atoms with van der Waals surface area (Å²) in [6, 6.07) is 5.82. The minimum Gasteiger partial charge on any atom is -0.496 e. The lowest BCUT2D eigenvalue weighted by molar-refractivity contribution is 0.160. The summed E-state index contributed by atoms with van der Waals surface area (Å²) in [4.78, 5) is 0. The van der Waals surface area contributed by atoms with Crippen molar-refractivity contribution < 1.29 is 9.94 Å². The first-order valence-electron chi connectivity index (χ1n) is 3.79. The first-order chi connectivity index (χ1) is 5.79. The van der Waals surface area contributed by atoms with Crippen LogP contribution in [0.2, 0.25) is 0 Å². The van der Waals surface area contributed by atoms with Gasteiger partial charge in [0.05, 0.1) is 7.11 Å². The van der Waals surface area contributed by atoms with Gasteiger partial charge in [-0.05, 0) is 12.5 Å². The van der Waals surface area contributed by atoms with Crippen molar-refractivity contribution in [3.05, 3.63) is 29.3 Å². The standard InChI is InChI=1S/C9H13NO2/c1-7-4-3-5-8(6-10-11)9(7)12-2/h3-5,10-11H,6H2,1-2H3. The Morgan fingerprint density at radius 2 is 2.25 bits per heavy atom. The predicted molar refractivity (Wildman–Crippen MR) is 46.4 cm³/mol. The molecule has 2 N–H and O–H groups in total. The SMILES string of the molecule is COc1c(C)cccc1CNO. The minimum atomic E-state index is 0.408. The van der Waals surface area contributed by atoms with Gasteiger partial charge in [-0.15, -0.1) is 0 Å². The molecule has 0 spiro atoms. The van der Waals surface area contributed by atoms with Crippen LogP contribution in [0, 0.1) is 6.92 Å². The van der Waals surface area contributed by atoms with E-state index in [0.717, 1.165) is 16.9 Å². The van der Waals surface area contributed by atoms with Gasteiger partial charge in [-0.25, -0.2) is 5.48 Å². The van der Waals surface area contributed by atoms with Crippen LogP contribution in [0.25, 0.3) is 0 Å². The summed E-state index contributed by atoms with van der Waals surface area (Å²) in [7, 11) is 1.63. The molecule has 0 bridgehead atoms. The Hall–Kier alpha value is -1.06. The maximum absolute atomic E-state index is 8.52. The van der Waals surface area contributed by atoms with E-state index in [-0.39, 0.29) is 0 Å². The number of hydroxylamine groups is 1. The number of hydrogen-bond donors (Lipinski definition) is 2. The molecular formula is C9H13NO2. The lowest BCUT2D eigenvalue weighted by Crippen LogP contribution is -2.07. The summed E-state index contributed by atoms with van der Waals surface area (Å²) < 4.78 is 5.18. The van der Waals surface area contributed by atoms with Crippen LogP contribution in [-0.4, -0.2) is 12.3 Å². The number of rotatable bonds is 3. The Morgan fingerprint density at radius 1 is 1.50 bits per heavy atom. The van der Waals surface area contributed by atoms with Gasteiger partial charge in [0.2, 0.25) is 0 Å². The van der Waals surface area contributed by atoms with Crippen LogP contribution in [-0.2, 0) is 6.54 Å². The molecule has 0 unspecified atom stereocenters. The number of ether oxygens (including phenoxy) is 1. The van der Waals surface area contributed by atoms with E-state index in [1.165, 1.54) is 0 Å². The number of benzene rings is 1. The molecule has 0 aliphatic carbocycles. The first-order valence-corrected chi connectivity index (χ1v) is 3.79. The second-order valence-corrected chi connectivity index (χ2v) is 2.60. The van der Waals surface area contributed by atoms with E-state index in [4.69, 9.17) is 9.94 Å². The minimum absolute atomic E-state index is 0.408. The van der Waals surface area contributed by atoms with Crippen molar-refractivity contribution in [2.24, 2.45) is 0 Å². The fourth-order valence-corrected chi connectivity index (χ4v) is 1.23. The van der Waals surface area contributed by atoms with Gasteiger partial charge in [-0.3, -0.25) is 0 Å². The summed E-state index contributed by atoms with van der Waals surface area (Å²) in [6.45, 7) is 2.38. The van der Waals surface area contributed by atoms with Crippen LogP contribution in [0.4, 0.5) is 0 Å². The predicted octanol–water partition coefficient (Wildman–Crippen LogP) is 1.48. The molecular weight excluding hydrogens is 154 g/mol. The van der Waals surface area contributed by atoms with Gasteiger partial charge in [0.1, 0.15) is 5.75 Å². The summed E-state index contributed by atoms with van der Waals surface area (Å²) in [5, 5.41) is 8.52. The van der Waals surface area contributed by atoms with Crippen LogP contribution >= 0.6 is 0 Å². The maximum atomic E-state index is 8.52. The topological polar surface area (TPSA) is 41.5 Å². The van der Waals surface area contributed by atoms with Gasteiger partial charge >= 0.3 is 0 Å². The van der Waals surface area contributed by atoms with Gasteiger partial charge in [-0.1, -0.05) is 18.2 Å². The van der Waals surface area contributed by atoms with Gasteiger partial charge in [0, 0.05) is 12.1 Å². The number of aryl methyl sites for hydroxylation is 1. The largest absolute Gasteiger partial charge is 0.496 e. The van der Waals surface area contributed by atoms with Gasteiger partial charge in [0.25, 0.3) is 0 Å². The van der Waals surface area contributed by atoms with Crippen molar-refractivity contribution >= 4 is 0 Å². The van der Waals surface area contributed by atoms with E-state index in [2.05, 4.69) is 5.48 Å². The second-order valence-electron chi connectivity index (χ2n) is 2.60. The number of hydrogen-bond acceptors (Lipinski definition) is 3. The van der Waals surface area contributed by atoms with Gasteiger partial charge < -0.3 is 9.94 Å². The summed E-state index contributed by atoms with van der Waals surface area (Å²) in [5.74, 6) is 0.832. The Kier molecular flexibility index (Phi) is 3.08. The normalized spacial score (nSPS) is 9.92. The van der Waals surface area contributed by atoms with E-state index in [0.29, 0.717) is 6.54 Å². The first kappa shape index (κ1) is 9.03. The molecule has 3 heteroatoms. The quantitative estimate of drug-likeness (QED) is 0.670. The van der Waals surface area contributed by atoms with Crippen molar-refractivity contribution in [1.82, 2.24) is 5.48 Å². The highest BCUT2D eigenvalue weighted by molar-refractivity contribution is 5.40. The third kappa shape index (κ3) is 1.75. The van der Waals surface area contributed by atoms with E-state index in [1.807, 2.05) is 25.1 Å². The molecule has 0 radical (unpaired) electrons. The average molecular weight is 167 g/mol. The molecule has 0 heterocycles. The van der Waals surface area contributed by atoms with Gasteiger partial charge in [-0.2, -0.15) is 0 Å². The molecule has 0 saturated carbocycles. The molecule has 0 aliphatic rings. The summed E-state index contributed by atoms with van der Waals surface area (Å²) >= 11 is 0. The zero-order chi connectivity index (χ0) is 8.97. The van der Waals surface area contributed by atoms with Crippen molar-refractivity contribution in [3.8, 4) is 5.75 Å². The monoisotopic (exact) mass is 167 g/mol. The highest BCUT2D eigenvalue weighted by atomic mass is 16.5. The zero-order valence-electron chi connectivity index (χ0n) is 7.29. The molecule has 0 amide bonds. The van der Waals surface area contributed by atoms with E-state index >= 15 is 0 Å². The molecule has 0 atom stereocenters. The number of nitrogens with one attached hydrogen (secondary N) is 1. The third-order valence-electron chi connectivity index (χ3n) is 1.77. The molecule has 1 aromatic rings. The van der Waals surface area contributed by atoms with Crippen molar-refractivity contribution in [2.75, 3.05) is 7.11 Å². The van der Waals surface area contributed by atoms with Crippen molar-refractivity contribution in [3.63, 3.8) is 0 Å². The van der Waals surface area contributed by atoms with E-state index < -0.39 is 0 Å². The lowest BCUT2D eigenvalue weighted by Gasteiger charge is -2.09. The van der Waals surface area contributed by atoms with Gasteiger partial charge in [0.15, 0.2) is 0 Å². The van der Waals surface area contributed by atoms with Crippen LogP contribution in [0.1, 0.15) is 11.1 Å². The van der Waals surface area contributed by atoms with Crippen molar-refractivity contribution in [2.45, 2.75) is 13.5 Å². The molecule has 66 valence electrons. The Bertz CT molecular complexity index is 261. The molecule has 1 rings (SSSR count). The molecule has 0 saturated heterocycles. The van der Waals surface area contributed by atoms with Crippen LogP contribution in [0.5, 0.6) is 5.75 Å². The Labute approximate surface area is 71.9 Å². The highest BCUT2D eigenvalue weighted by Gasteiger charge is 2.03. The smallest absolute Gasteiger partial charge is 0.126 e. The van der Waals surface area contributed by atoms with Crippen LogP contribution in [0.15, 0.2) is 18.2 Å². The fraction of sp³-hybridized carbons (Fsp3) is 0.333. The highest BCUT2D eigenvalue weighted by Crippen LogP contribution is 2.22. The zero-order valence-corrected chi connectivity index (χ0v) is 7.29. The number of methoxy groups -OCH3 is 1. The Morgan fingerprint density at radius 3 is 2.83 bits per heavy atom. The summed E-state index contributed by atoms with van der Waals surface area (Å²) in [6.07, 6.45) is 0. The van der Waals surface area contributed by atoms with Crippen LogP contribution < -0.4 is 10.2 Å². The molecule has 0 aliphatic heterocycles. The molecule has 1 aromatic carbocycles. The fourth-order valence-electron chi connectivity index (χ4n) is 1.23. The average Bonchev–Trinajstić information content (AvgIpc) is 2.05. The molecule has 0 fully saturated rings. The van der Waals surface area contributed by atoms with E-state index in [9.17, 15) is 0 Å². The Balaban J connectivity index is 3.00. The van der Waals surface area contributed by atoms with E-state index in [1.54, 1.807) is 7.11 Å². The van der Waals surface area contributed by atoms with Crippen molar-refractivity contribution in [1.29, 1.82) is 0 Å². The second kappa shape index (κ2) is 4.09. The van der Waals surface area contributed by atoms with Crippen LogP contribution in [0.3, 0.4) is 0 Å². The summed E-state index contributed by atoms with van der Waals surface area (Å²) in [5.41, 5.74) is 4.14. The number of para-hydroxylation sites is 1. The molecule has 12 heavy (non-hydrogen) atoms. The lowest BCUT2D eigenvalue weighted by atomic mass is 10.1.